The first-order valence-corrected chi connectivity index (χ1v) is 6.33. The summed E-state index contributed by atoms with van der Waals surface area (Å²) >= 11 is 6.09. The number of rotatable bonds is 4. The molecule has 0 atom stereocenters. The van der Waals surface area contributed by atoms with Gasteiger partial charge in [-0.25, -0.2) is 0 Å². The van der Waals surface area contributed by atoms with Gasteiger partial charge in [-0.1, -0.05) is 11.6 Å². The van der Waals surface area contributed by atoms with Crippen LogP contribution >= 0.6 is 11.6 Å². The summed E-state index contributed by atoms with van der Waals surface area (Å²) in [5, 5.41) is 3.68. The van der Waals surface area contributed by atoms with Crippen LogP contribution in [0.1, 0.15) is 17.3 Å². The van der Waals surface area contributed by atoms with E-state index in [4.69, 9.17) is 16.3 Å². The minimum Gasteiger partial charge on any atom is -0.485 e. The average Bonchev–Trinajstić information content (AvgIpc) is 2.43. The molecule has 1 aromatic carbocycles. The lowest BCUT2D eigenvalue weighted by molar-refractivity contribution is -0.118. The Kier molecular flexibility index (Phi) is 4.20. The lowest BCUT2D eigenvalue weighted by Crippen LogP contribution is -2.20. The number of nitrogens with one attached hydrogen (secondary N) is 1. The predicted molar refractivity (Wildman–Crippen MR) is 76.3 cm³/mol. The number of pyridine rings is 1. The summed E-state index contributed by atoms with van der Waals surface area (Å²) in [7, 11) is 1.52. The molecule has 0 aliphatic rings. The molecule has 104 valence electrons. The fourth-order valence-corrected chi connectivity index (χ4v) is 1.96. The third-order valence-electron chi connectivity index (χ3n) is 2.69. The van der Waals surface area contributed by atoms with Gasteiger partial charge in [0.1, 0.15) is 12.4 Å². The van der Waals surface area contributed by atoms with Gasteiger partial charge in [-0.2, -0.15) is 0 Å². The van der Waals surface area contributed by atoms with Gasteiger partial charge in [0, 0.05) is 24.7 Å². The number of aromatic nitrogens is 1. The first kappa shape index (κ1) is 14.3. The van der Waals surface area contributed by atoms with Gasteiger partial charge in [-0.3, -0.25) is 14.6 Å². The number of benzene rings is 1. The average molecular weight is 293 g/mol. The number of carbonyl (C=O) groups excluding carboxylic acids is 2. The normalized spacial score (nSPS) is 10.3. The van der Waals surface area contributed by atoms with Gasteiger partial charge >= 0.3 is 0 Å². The van der Waals surface area contributed by atoms with E-state index in [0.29, 0.717) is 27.2 Å². The van der Waals surface area contributed by atoms with Crippen LogP contribution in [-0.2, 0) is 4.79 Å². The number of ether oxygens (including phenoxy) is 1. The quantitative estimate of drug-likeness (QED) is 0.938. The van der Waals surface area contributed by atoms with Crippen LogP contribution in [0, 0.1) is 0 Å². The van der Waals surface area contributed by atoms with Crippen molar-refractivity contribution in [3.8, 4) is 5.75 Å². The molecule has 0 unspecified atom stereocenters. The van der Waals surface area contributed by atoms with Crippen molar-refractivity contribution >= 4 is 34.2 Å². The van der Waals surface area contributed by atoms with Gasteiger partial charge in [-0.05, 0) is 19.1 Å². The summed E-state index contributed by atoms with van der Waals surface area (Å²) in [6.07, 6.45) is 1.57. The largest absolute Gasteiger partial charge is 0.485 e. The molecule has 1 amide bonds. The maximum atomic E-state index is 11.9. The van der Waals surface area contributed by atoms with Crippen LogP contribution in [0.3, 0.4) is 0 Å². The molecule has 6 heteroatoms. The van der Waals surface area contributed by atoms with Gasteiger partial charge in [0.15, 0.2) is 5.78 Å². The van der Waals surface area contributed by atoms with Gasteiger partial charge in [0.25, 0.3) is 5.91 Å². The SMILES string of the molecule is CNC(=O)c1cc2c(Cl)ccnc2cc1OCC(C)=O. The van der Waals surface area contributed by atoms with Crippen LogP contribution in [0.5, 0.6) is 5.75 Å². The number of hydrogen-bond acceptors (Lipinski definition) is 4. The Labute approximate surface area is 120 Å². The Morgan fingerprint density at radius 1 is 1.40 bits per heavy atom. The van der Waals surface area contributed by atoms with Gasteiger partial charge in [0.05, 0.1) is 16.1 Å². The van der Waals surface area contributed by atoms with Crippen molar-refractivity contribution in [3.05, 3.63) is 35.0 Å². The molecule has 0 spiro atoms. The second-order valence-corrected chi connectivity index (χ2v) is 4.64. The standard InChI is InChI=1S/C14H13ClN2O3/c1-8(18)7-20-13-6-12-9(11(15)3-4-17-12)5-10(13)14(19)16-2/h3-6H,7H2,1-2H3,(H,16,19). The van der Waals surface area contributed by atoms with Crippen molar-refractivity contribution in [2.45, 2.75) is 6.92 Å². The molecule has 1 aromatic heterocycles. The Bertz CT molecular complexity index is 685. The number of fused-ring (bicyclic) bond motifs is 1. The molecule has 0 bridgehead atoms. The van der Waals surface area contributed by atoms with Crippen LogP contribution in [0.4, 0.5) is 0 Å². The minimum absolute atomic E-state index is 0.101. The highest BCUT2D eigenvalue weighted by Gasteiger charge is 2.15. The van der Waals surface area contributed by atoms with E-state index < -0.39 is 0 Å². The Morgan fingerprint density at radius 2 is 2.15 bits per heavy atom. The maximum Gasteiger partial charge on any atom is 0.254 e. The van der Waals surface area contributed by atoms with Crippen molar-refractivity contribution in [3.63, 3.8) is 0 Å². The van der Waals surface area contributed by atoms with Crippen LogP contribution in [0.15, 0.2) is 24.4 Å². The van der Waals surface area contributed by atoms with Gasteiger partial charge in [-0.15, -0.1) is 0 Å². The first-order chi connectivity index (χ1) is 9.52. The van der Waals surface area contributed by atoms with Crippen molar-refractivity contribution in [1.29, 1.82) is 0 Å². The summed E-state index contributed by atoms with van der Waals surface area (Å²) in [6, 6.07) is 4.86. The molecule has 5 nitrogen and oxygen atoms in total. The second-order valence-electron chi connectivity index (χ2n) is 4.23. The molecule has 2 aromatic rings. The number of Topliss-reactive ketones (excluding diaryl/α,β-unsaturated/α-hetero) is 1. The summed E-state index contributed by atoms with van der Waals surface area (Å²) in [6.45, 7) is 1.31. The zero-order chi connectivity index (χ0) is 14.7. The molecule has 1 N–H and O–H groups in total. The van der Waals surface area contributed by atoms with Crippen LogP contribution < -0.4 is 10.1 Å². The van der Waals surface area contributed by atoms with Gasteiger partial charge in [0.2, 0.25) is 0 Å². The number of amides is 1. The van der Waals surface area contributed by atoms with Crippen LogP contribution in [0.2, 0.25) is 5.02 Å². The summed E-state index contributed by atoms with van der Waals surface area (Å²) in [5.41, 5.74) is 0.917. The van der Waals surface area contributed by atoms with Crippen LogP contribution in [-0.4, -0.2) is 30.3 Å². The molecule has 0 radical (unpaired) electrons. The molecule has 0 aliphatic heterocycles. The fourth-order valence-electron chi connectivity index (χ4n) is 1.75. The fraction of sp³-hybridized carbons (Fsp3) is 0.214. The third kappa shape index (κ3) is 2.88. The highest BCUT2D eigenvalue weighted by atomic mass is 35.5. The molecule has 0 fully saturated rings. The predicted octanol–water partition coefficient (Wildman–Crippen LogP) is 2.22. The van der Waals surface area contributed by atoms with E-state index in [0.717, 1.165) is 0 Å². The summed E-state index contributed by atoms with van der Waals surface area (Å²) < 4.78 is 5.38. The number of ketones is 1. The maximum absolute atomic E-state index is 11.9. The van der Waals surface area contributed by atoms with Gasteiger partial charge < -0.3 is 10.1 Å². The van der Waals surface area contributed by atoms with Crippen LogP contribution in [0.25, 0.3) is 10.9 Å². The van der Waals surface area contributed by atoms with E-state index in [1.54, 1.807) is 24.4 Å². The lowest BCUT2D eigenvalue weighted by atomic mass is 10.1. The van der Waals surface area contributed by atoms with E-state index in [-0.39, 0.29) is 18.3 Å². The molecule has 0 aliphatic carbocycles. The van der Waals surface area contributed by atoms with Crippen molar-refractivity contribution in [2.75, 3.05) is 13.7 Å². The Balaban J connectivity index is 2.57. The monoisotopic (exact) mass is 292 g/mol. The van der Waals surface area contributed by atoms with E-state index in [9.17, 15) is 9.59 Å². The molecule has 20 heavy (non-hydrogen) atoms. The van der Waals surface area contributed by atoms with Crippen molar-refractivity contribution < 1.29 is 14.3 Å². The zero-order valence-corrected chi connectivity index (χ0v) is 11.8. The van der Waals surface area contributed by atoms with Crippen molar-refractivity contribution in [2.24, 2.45) is 0 Å². The minimum atomic E-state index is -0.314. The zero-order valence-electron chi connectivity index (χ0n) is 11.1. The van der Waals surface area contributed by atoms with E-state index in [2.05, 4.69) is 10.3 Å². The highest BCUT2D eigenvalue weighted by molar-refractivity contribution is 6.35. The smallest absolute Gasteiger partial charge is 0.254 e. The second kappa shape index (κ2) is 5.88. The summed E-state index contributed by atoms with van der Waals surface area (Å²) in [5.74, 6) is -0.140. The number of nitrogens with zero attached hydrogens (tertiary/aromatic N) is 1. The number of hydrogen-bond donors (Lipinski definition) is 1. The first-order valence-electron chi connectivity index (χ1n) is 5.95. The summed E-state index contributed by atoms with van der Waals surface area (Å²) in [4.78, 5) is 27.1. The Morgan fingerprint density at radius 3 is 2.80 bits per heavy atom. The molecular formula is C14H13ClN2O3. The topological polar surface area (TPSA) is 68.3 Å². The molecule has 2 rings (SSSR count). The third-order valence-corrected chi connectivity index (χ3v) is 3.02. The highest BCUT2D eigenvalue weighted by Crippen LogP contribution is 2.29. The molecule has 0 saturated carbocycles. The van der Waals surface area contributed by atoms with E-state index in [1.165, 1.54) is 14.0 Å². The van der Waals surface area contributed by atoms with E-state index >= 15 is 0 Å². The Hall–Kier alpha value is -2.14. The number of carbonyl (C=O) groups is 2. The van der Waals surface area contributed by atoms with Crippen molar-refractivity contribution in [1.82, 2.24) is 10.3 Å². The molecule has 1 heterocycles. The van der Waals surface area contributed by atoms with E-state index in [1.807, 2.05) is 0 Å². The number of halogens is 1. The molecule has 0 saturated heterocycles. The molecular weight excluding hydrogens is 280 g/mol. The lowest BCUT2D eigenvalue weighted by Gasteiger charge is -2.11.